The Labute approximate surface area is 79.8 Å². The molecule has 0 N–H and O–H groups in total. The van der Waals surface area contributed by atoms with Gasteiger partial charge in [0, 0.05) is 0 Å². The molecule has 0 spiro atoms. The fourth-order valence-electron chi connectivity index (χ4n) is 1.19. The van der Waals surface area contributed by atoms with Crippen LogP contribution >= 0.6 is 0 Å². The molecule has 12 heavy (non-hydrogen) atoms. The summed E-state index contributed by atoms with van der Waals surface area (Å²) in [7, 11) is 0. The van der Waals surface area contributed by atoms with Crippen molar-refractivity contribution in [3.63, 3.8) is 0 Å². The molecule has 1 aliphatic carbocycles. The smallest absolute Gasteiger partial charge is 0.0414 e. The molecule has 0 nitrogen and oxygen atoms in total. The fraction of sp³-hybridized carbons (Fsp3) is 1.00. The second-order valence-corrected chi connectivity index (χ2v) is 3.29. The van der Waals surface area contributed by atoms with E-state index < -0.39 is 0 Å². The molecule has 0 bridgehead atoms. The Balaban J connectivity index is 0. The molecule has 0 radical (unpaired) electrons. The zero-order valence-electron chi connectivity index (χ0n) is 9.82. The molecule has 0 aromatic heterocycles. The van der Waals surface area contributed by atoms with E-state index >= 15 is 0 Å². The van der Waals surface area contributed by atoms with Gasteiger partial charge in [-0.05, 0) is 5.92 Å². The largest absolute Gasteiger partial charge is 0.0683 e. The third-order valence-electron chi connectivity index (χ3n) is 1.92. The quantitative estimate of drug-likeness (QED) is 0.548. The van der Waals surface area contributed by atoms with Gasteiger partial charge in [0.05, 0.1) is 0 Å². The summed E-state index contributed by atoms with van der Waals surface area (Å²) in [4.78, 5) is 0. The Kier molecular flexibility index (Phi) is 16.4. The predicted molar refractivity (Wildman–Crippen MR) is 59.6 cm³/mol. The molecular formula is C12H28. The van der Waals surface area contributed by atoms with Crippen LogP contribution in [0, 0.1) is 5.92 Å². The summed E-state index contributed by atoms with van der Waals surface area (Å²) in [6, 6.07) is 0. The lowest BCUT2D eigenvalue weighted by Crippen LogP contribution is -2.09. The van der Waals surface area contributed by atoms with Crippen LogP contribution in [0.25, 0.3) is 0 Å². The highest BCUT2D eigenvalue weighted by Gasteiger charge is 2.14. The van der Waals surface area contributed by atoms with Crippen LogP contribution < -0.4 is 0 Å². The standard InChI is InChI=1S/C7H14.C3H8.C2H6/c1-2-4-7-5-3-6-7;1-3-2;1-2/h7H,2-6H2,1H3;3H2,1-2H3;1-2H3. The van der Waals surface area contributed by atoms with E-state index in [2.05, 4.69) is 20.8 Å². The number of hydrogen-bond donors (Lipinski definition) is 0. The van der Waals surface area contributed by atoms with E-state index in [1.165, 1.54) is 38.5 Å². The molecule has 0 saturated heterocycles. The minimum Gasteiger partial charge on any atom is -0.0683 e. The van der Waals surface area contributed by atoms with Gasteiger partial charge in [0.15, 0.2) is 0 Å². The van der Waals surface area contributed by atoms with Crippen LogP contribution in [0.1, 0.15) is 73.1 Å². The van der Waals surface area contributed by atoms with Gasteiger partial charge in [0.1, 0.15) is 0 Å². The van der Waals surface area contributed by atoms with E-state index in [0.29, 0.717) is 0 Å². The van der Waals surface area contributed by atoms with Gasteiger partial charge in [-0.3, -0.25) is 0 Å². The van der Waals surface area contributed by atoms with E-state index in [1.807, 2.05) is 13.8 Å². The van der Waals surface area contributed by atoms with Gasteiger partial charge in [-0.2, -0.15) is 0 Å². The average Bonchev–Trinajstić information content (AvgIpc) is 2.03. The summed E-state index contributed by atoms with van der Waals surface area (Å²) in [5.74, 6) is 1.13. The van der Waals surface area contributed by atoms with E-state index in [9.17, 15) is 0 Å². The molecule has 0 heterocycles. The van der Waals surface area contributed by atoms with Crippen LogP contribution in [0.4, 0.5) is 0 Å². The summed E-state index contributed by atoms with van der Waals surface area (Å²) in [5, 5.41) is 0. The molecule has 0 aliphatic heterocycles. The SMILES string of the molecule is CC.CCC.CCCC1CCC1. The van der Waals surface area contributed by atoms with Crippen molar-refractivity contribution < 1.29 is 0 Å². The first-order valence-electron chi connectivity index (χ1n) is 5.85. The molecule has 1 rings (SSSR count). The molecule has 0 heteroatoms. The van der Waals surface area contributed by atoms with Gasteiger partial charge in [0.2, 0.25) is 0 Å². The lowest BCUT2D eigenvalue weighted by Gasteiger charge is -2.24. The Morgan fingerprint density at radius 3 is 1.50 bits per heavy atom. The fourth-order valence-corrected chi connectivity index (χ4v) is 1.19. The molecule has 0 aromatic rings. The average molecular weight is 172 g/mol. The lowest BCUT2D eigenvalue weighted by atomic mass is 9.82. The third-order valence-corrected chi connectivity index (χ3v) is 1.92. The number of rotatable bonds is 2. The molecule has 0 amide bonds. The van der Waals surface area contributed by atoms with E-state index in [0.717, 1.165) is 5.92 Å². The molecule has 0 atom stereocenters. The lowest BCUT2D eigenvalue weighted by molar-refractivity contribution is 0.294. The normalized spacial score (nSPS) is 14.8. The summed E-state index contributed by atoms with van der Waals surface area (Å²) in [5.41, 5.74) is 0. The molecular weight excluding hydrogens is 144 g/mol. The van der Waals surface area contributed by atoms with Crippen LogP contribution in [-0.2, 0) is 0 Å². The maximum Gasteiger partial charge on any atom is -0.0414 e. The van der Waals surface area contributed by atoms with E-state index in [-0.39, 0.29) is 0 Å². The third kappa shape index (κ3) is 10.0. The molecule has 0 aromatic carbocycles. The van der Waals surface area contributed by atoms with Crippen molar-refractivity contribution in [2.75, 3.05) is 0 Å². The van der Waals surface area contributed by atoms with Crippen molar-refractivity contribution in [3.05, 3.63) is 0 Å². The summed E-state index contributed by atoms with van der Waals surface area (Å²) in [6.45, 7) is 10.5. The Morgan fingerprint density at radius 2 is 1.42 bits per heavy atom. The zero-order chi connectivity index (χ0) is 9.82. The molecule has 0 unspecified atom stereocenters. The molecule has 1 saturated carbocycles. The zero-order valence-corrected chi connectivity index (χ0v) is 9.82. The Bertz CT molecular complexity index is 53.1. The van der Waals surface area contributed by atoms with Crippen molar-refractivity contribution in [2.45, 2.75) is 73.1 Å². The van der Waals surface area contributed by atoms with Crippen molar-refractivity contribution in [2.24, 2.45) is 5.92 Å². The Hall–Kier alpha value is 0. The highest BCUT2D eigenvalue weighted by atomic mass is 14.2. The molecule has 1 aliphatic rings. The van der Waals surface area contributed by atoms with Crippen LogP contribution in [0.2, 0.25) is 0 Å². The minimum absolute atomic E-state index is 1.13. The monoisotopic (exact) mass is 172 g/mol. The molecule has 1 fully saturated rings. The van der Waals surface area contributed by atoms with Gasteiger partial charge >= 0.3 is 0 Å². The summed E-state index contributed by atoms with van der Waals surface area (Å²) < 4.78 is 0. The van der Waals surface area contributed by atoms with Gasteiger partial charge in [-0.1, -0.05) is 73.1 Å². The first-order chi connectivity index (χ1) is 5.85. The van der Waals surface area contributed by atoms with Crippen LogP contribution in [-0.4, -0.2) is 0 Å². The maximum absolute atomic E-state index is 2.28. The second kappa shape index (κ2) is 13.6. The van der Waals surface area contributed by atoms with Gasteiger partial charge in [0.25, 0.3) is 0 Å². The van der Waals surface area contributed by atoms with Gasteiger partial charge < -0.3 is 0 Å². The van der Waals surface area contributed by atoms with Crippen LogP contribution in [0.3, 0.4) is 0 Å². The first-order valence-corrected chi connectivity index (χ1v) is 5.85. The van der Waals surface area contributed by atoms with Gasteiger partial charge in [-0.15, -0.1) is 0 Å². The van der Waals surface area contributed by atoms with Gasteiger partial charge in [-0.25, -0.2) is 0 Å². The van der Waals surface area contributed by atoms with E-state index in [1.54, 1.807) is 0 Å². The predicted octanol–water partition coefficient (Wildman–Crippen LogP) is 5.03. The van der Waals surface area contributed by atoms with Crippen LogP contribution in [0.5, 0.6) is 0 Å². The second-order valence-electron chi connectivity index (χ2n) is 3.29. The Morgan fingerprint density at radius 1 is 1.00 bits per heavy atom. The van der Waals surface area contributed by atoms with Crippen molar-refractivity contribution in [1.29, 1.82) is 0 Å². The van der Waals surface area contributed by atoms with Crippen molar-refractivity contribution in [1.82, 2.24) is 0 Å². The molecule has 76 valence electrons. The highest BCUT2D eigenvalue weighted by molar-refractivity contribution is 4.67. The summed E-state index contributed by atoms with van der Waals surface area (Å²) >= 11 is 0. The first kappa shape index (κ1) is 14.5. The number of hydrogen-bond acceptors (Lipinski definition) is 0. The van der Waals surface area contributed by atoms with Crippen molar-refractivity contribution >= 4 is 0 Å². The highest BCUT2D eigenvalue weighted by Crippen LogP contribution is 2.29. The van der Waals surface area contributed by atoms with Crippen molar-refractivity contribution in [3.8, 4) is 0 Å². The summed E-state index contributed by atoms with van der Waals surface area (Å²) in [6.07, 6.45) is 8.68. The maximum atomic E-state index is 2.28. The van der Waals surface area contributed by atoms with E-state index in [4.69, 9.17) is 0 Å². The van der Waals surface area contributed by atoms with Crippen LogP contribution in [0.15, 0.2) is 0 Å². The topological polar surface area (TPSA) is 0 Å². The minimum atomic E-state index is 1.13.